The molecule has 0 fully saturated rings. The fourth-order valence-electron chi connectivity index (χ4n) is 1.50. The van der Waals surface area contributed by atoms with Crippen LogP contribution in [-0.2, 0) is 9.53 Å². The Labute approximate surface area is 122 Å². The van der Waals surface area contributed by atoms with Crippen LogP contribution in [0, 0.1) is 5.41 Å². The number of hydrogen-bond acceptors (Lipinski definition) is 4. The molecule has 0 aliphatic carbocycles. The number of hydrogen-bond donors (Lipinski definition) is 2. The van der Waals surface area contributed by atoms with E-state index in [0.29, 0.717) is 5.84 Å². The molecule has 5 nitrogen and oxygen atoms in total. The van der Waals surface area contributed by atoms with Crippen molar-refractivity contribution in [1.82, 2.24) is 5.48 Å². The van der Waals surface area contributed by atoms with E-state index in [1.54, 1.807) is 20.8 Å². The number of nitrogens with one attached hydrogen (secondary N) is 1. The van der Waals surface area contributed by atoms with Gasteiger partial charge in [-0.3, -0.25) is 20.5 Å². The van der Waals surface area contributed by atoms with Gasteiger partial charge in [0.05, 0.1) is 0 Å². The third-order valence-corrected chi connectivity index (χ3v) is 2.93. The number of rotatable bonds is 3. The second-order valence-corrected chi connectivity index (χ2v) is 6.86. The summed E-state index contributed by atoms with van der Waals surface area (Å²) < 4.78 is 5.17. The van der Waals surface area contributed by atoms with Gasteiger partial charge in [0.25, 0.3) is 0 Å². The summed E-state index contributed by atoms with van der Waals surface area (Å²) in [4.78, 5) is 15.7. The van der Waals surface area contributed by atoms with Crippen LogP contribution >= 0.6 is 0 Å². The molecule has 0 atom stereocenters. The zero-order chi connectivity index (χ0) is 16.1. The topological polar surface area (TPSA) is 70.9 Å². The highest BCUT2D eigenvalue weighted by Gasteiger charge is 2.19. The van der Waals surface area contributed by atoms with Gasteiger partial charge in [0, 0.05) is 0 Å². The molecular formula is C15H28N2O3. The van der Waals surface area contributed by atoms with Crippen LogP contribution in [0.5, 0.6) is 0 Å². The summed E-state index contributed by atoms with van der Waals surface area (Å²) in [5, 5.41) is 9.19. The summed E-state index contributed by atoms with van der Waals surface area (Å²) in [6.07, 6.45) is 0. The predicted octanol–water partition coefficient (Wildman–Crippen LogP) is 3.09. The van der Waals surface area contributed by atoms with Gasteiger partial charge in [-0.2, -0.15) is 0 Å². The average molecular weight is 284 g/mol. The van der Waals surface area contributed by atoms with E-state index < -0.39 is 11.6 Å². The summed E-state index contributed by atoms with van der Waals surface area (Å²) in [5.74, 6) is -0.130. The molecule has 0 bridgehead atoms. The van der Waals surface area contributed by atoms with E-state index in [-0.39, 0.29) is 12.0 Å². The summed E-state index contributed by atoms with van der Waals surface area (Å²) in [5.41, 5.74) is 3.40. The molecule has 0 saturated heterocycles. The Morgan fingerprint density at radius 3 is 2.00 bits per heavy atom. The number of hydroxylamine groups is 1. The van der Waals surface area contributed by atoms with E-state index in [1.165, 1.54) is 0 Å². The second-order valence-electron chi connectivity index (χ2n) is 6.86. The first kappa shape index (κ1) is 18.6. The number of nitrogens with zero attached hydrogens (tertiary/aromatic N) is 1. The van der Waals surface area contributed by atoms with Gasteiger partial charge in [-0.25, -0.2) is 0 Å². The molecule has 0 rings (SSSR count). The zero-order valence-electron chi connectivity index (χ0n) is 13.9. The first-order valence-electron chi connectivity index (χ1n) is 6.73. The molecule has 0 saturated carbocycles. The van der Waals surface area contributed by atoms with Gasteiger partial charge in [-0.05, 0) is 45.6 Å². The Morgan fingerprint density at radius 1 is 1.15 bits per heavy atom. The maximum absolute atomic E-state index is 11.6. The van der Waals surface area contributed by atoms with Crippen molar-refractivity contribution in [2.24, 2.45) is 10.4 Å². The van der Waals surface area contributed by atoms with E-state index in [4.69, 9.17) is 4.74 Å². The van der Waals surface area contributed by atoms with Crippen molar-refractivity contribution in [1.29, 1.82) is 0 Å². The molecule has 2 N–H and O–H groups in total. The molecular weight excluding hydrogens is 256 g/mol. The molecule has 0 heterocycles. The molecule has 0 aliphatic heterocycles. The van der Waals surface area contributed by atoms with Crippen molar-refractivity contribution >= 4 is 11.8 Å². The van der Waals surface area contributed by atoms with Crippen molar-refractivity contribution < 1.29 is 14.7 Å². The largest absolute Gasteiger partial charge is 0.459 e. The highest BCUT2D eigenvalue weighted by atomic mass is 16.6. The number of esters is 1. The lowest BCUT2D eigenvalue weighted by atomic mass is 9.84. The van der Waals surface area contributed by atoms with Gasteiger partial charge in [0.15, 0.2) is 0 Å². The normalized spacial score (nSPS) is 14.8. The first-order valence-corrected chi connectivity index (χ1v) is 6.73. The number of allylic oxidation sites excluding steroid dienone is 1. The molecule has 0 amide bonds. The molecule has 5 heteroatoms. The molecule has 0 spiro atoms. The number of carbonyl (C=O) groups is 1. The highest BCUT2D eigenvalue weighted by Crippen LogP contribution is 2.27. The van der Waals surface area contributed by atoms with Crippen LogP contribution in [0.15, 0.2) is 16.1 Å². The maximum atomic E-state index is 11.6. The first-order chi connectivity index (χ1) is 8.88. The number of ether oxygens (including phenoxy) is 1. The number of amidine groups is 1. The quantitative estimate of drug-likeness (QED) is 0.361. The van der Waals surface area contributed by atoms with Crippen LogP contribution in [0.1, 0.15) is 55.4 Å². The van der Waals surface area contributed by atoms with Gasteiger partial charge < -0.3 is 4.74 Å². The Hall–Kier alpha value is -1.36. The smallest absolute Gasteiger partial charge is 0.328 e. The molecule has 20 heavy (non-hydrogen) atoms. The third kappa shape index (κ3) is 6.70. The molecule has 0 aliphatic rings. The van der Waals surface area contributed by atoms with E-state index in [9.17, 15) is 10.0 Å². The monoisotopic (exact) mass is 284 g/mol. The van der Waals surface area contributed by atoms with Crippen LogP contribution in [-0.4, -0.2) is 29.2 Å². The van der Waals surface area contributed by atoms with Crippen LogP contribution in [0.3, 0.4) is 0 Å². The van der Waals surface area contributed by atoms with Gasteiger partial charge >= 0.3 is 5.97 Å². The second kappa shape index (κ2) is 6.88. The lowest BCUT2D eigenvalue weighted by Gasteiger charge is -2.23. The minimum atomic E-state index is -0.536. The van der Waals surface area contributed by atoms with Gasteiger partial charge in [-0.1, -0.05) is 26.3 Å². The van der Waals surface area contributed by atoms with Crippen molar-refractivity contribution in [3.05, 3.63) is 11.1 Å². The standard InChI is InChI=1S/C15H28N2O3/c1-10(11(2)14(3,4)5)13(17-19)16-9-12(18)20-15(6,7)8/h19H,9H2,1-8H3,(H,16,17)/b11-10+. The van der Waals surface area contributed by atoms with Crippen molar-refractivity contribution in [3.63, 3.8) is 0 Å². The van der Waals surface area contributed by atoms with Crippen LogP contribution in [0.25, 0.3) is 0 Å². The average Bonchev–Trinajstić information content (AvgIpc) is 2.24. The Morgan fingerprint density at radius 2 is 1.65 bits per heavy atom. The number of aliphatic imine (C=N–C) groups is 1. The van der Waals surface area contributed by atoms with E-state index in [0.717, 1.165) is 11.1 Å². The Balaban J connectivity index is 5.03. The predicted molar refractivity (Wildman–Crippen MR) is 80.9 cm³/mol. The van der Waals surface area contributed by atoms with Gasteiger partial charge in [0.2, 0.25) is 0 Å². The van der Waals surface area contributed by atoms with Gasteiger partial charge in [0.1, 0.15) is 18.0 Å². The Kier molecular flexibility index (Phi) is 6.41. The molecule has 0 radical (unpaired) electrons. The summed E-state index contributed by atoms with van der Waals surface area (Å²) >= 11 is 0. The zero-order valence-corrected chi connectivity index (χ0v) is 13.9. The maximum Gasteiger partial charge on any atom is 0.328 e. The van der Waals surface area contributed by atoms with E-state index >= 15 is 0 Å². The summed E-state index contributed by atoms with van der Waals surface area (Å²) in [6, 6.07) is 0. The molecule has 0 aromatic carbocycles. The lowest BCUT2D eigenvalue weighted by molar-refractivity contribution is -0.152. The minimum absolute atomic E-state index is 0.0341. The van der Waals surface area contributed by atoms with E-state index in [2.05, 4.69) is 31.2 Å². The molecule has 0 aromatic rings. The van der Waals surface area contributed by atoms with Crippen molar-refractivity contribution in [2.45, 2.75) is 61.0 Å². The fraction of sp³-hybridized carbons (Fsp3) is 0.733. The van der Waals surface area contributed by atoms with Crippen LogP contribution in [0.4, 0.5) is 0 Å². The highest BCUT2D eigenvalue weighted by molar-refractivity contribution is 5.98. The SMILES string of the molecule is C/C(C(=NCC(=O)OC(C)(C)C)NO)=C(/C)C(C)(C)C. The van der Waals surface area contributed by atoms with Crippen molar-refractivity contribution in [3.8, 4) is 0 Å². The van der Waals surface area contributed by atoms with E-state index in [1.807, 2.05) is 13.8 Å². The lowest BCUT2D eigenvalue weighted by Crippen LogP contribution is -2.28. The summed E-state index contributed by atoms with van der Waals surface area (Å²) in [7, 11) is 0. The molecule has 0 aromatic heterocycles. The van der Waals surface area contributed by atoms with Gasteiger partial charge in [-0.15, -0.1) is 0 Å². The third-order valence-electron chi connectivity index (χ3n) is 2.93. The molecule has 0 unspecified atom stereocenters. The van der Waals surface area contributed by atoms with Crippen molar-refractivity contribution in [2.75, 3.05) is 6.54 Å². The fourth-order valence-corrected chi connectivity index (χ4v) is 1.50. The number of carbonyl (C=O) groups excluding carboxylic acids is 1. The van der Waals surface area contributed by atoms with Crippen LogP contribution < -0.4 is 5.48 Å². The molecule has 116 valence electrons. The van der Waals surface area contributed by atoms with Crippen LogP contribution in [0.2, 0.25) is 0 Å². The minimum Gasteiger partial charge on any atom is -0.459 e. The summed E-state index contributed by atoms with van der Waals surface area (Å²) in [6.45, 7) is 15.3. The Bertz CT molecular complexity index is 410.